The summed E-state index contributed by atoms with van der Waals surface area (Å²) < 4.78 is 11.4. The van der Waals surface area contributed by atoms with E-state index in [0.717, 1.165) is 45.6 Å². The van der Waals surface area contributed by atoms with Crippen molar-refractivity contribution in [1.82, 2.24) is 9.55 Å². The number of imidazole rings is 1. The van der Waals surface area contributed by atoms with E-state index in [0.29, 0.717) is 0 Å². The highest BCUT2D eigenvalue weighted by Gasteiger charge is 2.48. The van der Waals surface area contributed by atoms with Crippen LogP contribution >= 0.6 is 0 Å². The summed E-state index contributed by atoms with van der Waals surface area (Å²) in [6, 6.07) is 52.0. The third-order valence-corrected chi connectivity index (χ3v) is 12.0. The molecular formula is C49H40BN5O. The Bertz CT molecular complexity index is 2890. The third kappa shape index (κ3) is 4.70. The SMILES string of the molecule is CC(C)(C)c1cc(Oc2ccc3c(c2)-n2[c-][n+](-c4ccccc4)c4cccc(c42)C3(C)C)cc(N2B3c4ccccc4-c4ccccc4N3c3cccnc32)c1. The van der Waals surface area contributed by atoms with Gasteiger partial charge in [-0.05, 0) is 87.7 Å². The van der Waals surface area contributed by atoms with Gasteiger partial charge in [0.1, 0.15) is 17.3 Å². The molecule has 56 heavy (non-hydrogen) atoms. The molecule has 7 heteroatoms. The molecule has 5 heterocycles. The number of anilines is 4. The van der Waals surface area contributed by atoms with Gasteiger partial charge in [0, 0.05) is 34.6 Å². The van der Waals surface area contributed by atoms with Crippen molar-refractivity contribution >= 4 is 46.4 Å². The van der Waals surface area contributed by atoms with E-state index in [2.05, 4.69) is 199 Å². The van der Waals surface area contributed by atoms with Crippen LogP contribution in [0.2, 0.25) is 0 Å². The van der Waals surface area contributed by atoms with Gasteiger partial charge in [-0.1, -0.05) is 120 Å². The first-order chi connectivity index (χ1) is 27.2. The average Bonchev–Trinajstić information content (AvgIpc) is 3.78. The second kappa shape index (κ2) is 11.7. The highest BCUT2D eigenvalue weighted by Crippen LogP contribution is 2.51. The fraction of sp³-hybridized carbons (Fsp3) is 0.143. The number of rotatable bonds is 4. The van der Waals surface area contributed by atoms with Gasteiger partial charge in [0.05, 0.1) is 28.1 Å². The fourth-order valence-corrected chi connectivity index (χ4v) is 9.19. The Kier molecular flexibility index (Phi) is 6.86. The first-order valence-electron chi connectivity index (χ1n) is 19.4. The van der Waals surface area contributed by atoms with E-state index in [1.54, 1.807) is 0 Å². The molecule has 8 aromatic rings. The molecule has 0 radical (unpaired) electrons. The Balaban J connectivity index is 1.06. The number of aromatic nitrogens is 3. The molecular weight excluding hydrogens is 685 g/mol. The summed E-state index contributed by atoms with van der Waals surface area (Å²) in [5.74, 6) is 2.48. The number of fused-ring (bicyclic) bond motifs is 10. The van der Waals surface area contributed by atoms with Crippen LogP contribution in [0.15, 0.2) is 152 Å². The number of benzene rings is 6. The van der Waals surface area contributed by atoms with Crippen molar-refractivity contribution in [2.45, 2.75) is 45.4 Å². The summed E-state index contributed by atoms with van der Waals surface area (Å²) in [7, 11) is 0. The van der Waals surface area contributed by atoms with Crippen molar-refractivity contribution in [1.29, 1.82) is 0 Å². The Morgan fingerprint density at radius 3 is 2.27 bits per heavy atom. The minimum absolute atomic E-state index is 0.122. The first kappa shape index (κ1) is 32.8. The maximum Gasteiger partial charge on any atom is 0.422 e. The summed E-state index contributed by atoms with van der Waals surface area (Å²) in [5, 5.41) is 0. The van der Waals surface area contributed by atoms with Crippen molar-refractivity contribution in [3.8, 4) is 34.0 Å². The lowest BCUT2D eigenvalue weighted by molar-refractivity contribution is -0.572. The second-order valence-corrected chi connectivity index (χ2v) is 16.7. The average molecular weight is 726 g/mol. The van der Waals surface area contributed by atoms with Crippen LogP contribution in [-0.4, -0.2) is 16.5 Å². The molecule has 0 amide bonds. The lowest BCUT2D eigenvalue weighted by Gasteiger charge is -2.36. The summed E-state index contributed by atoms with van der Waals surface area (Å²) in [5.41, 5.74) is 14.8. The van der Waals surface area contributed by atoms with Crippen LogP contribution in [0.1, 0.15) is 51.3 Å². The zero-order chi connectivity index (χ0) is 37.9. The van der Waals surface area contributed by atoms with E-state index in [1.165, 1.54) is 44.5 Å². The van der Waals surface area contributed by atoms with Crippen molar-refractivity contribution in [3.63, 3.8) is 0 Å². The van der Waals surface area contributed by atoms with Gasteiger partial charge in [-0.2, -0.15) is 0 Å². The Morgan fingerprint density at radius 2 is 1.43 bits per heavy atom. The van der Waals surface area contributed by atoms with E-state index in [1.807, 2.05) is 12.3 Å². The first-order valence-corrected chi connectivity index (χ1v) is 19.4. The van der Waals surface area contributed by atoms with Crippen LogP contribution < -0.4 is 24.4 Å². The lowest BCUT2D eigenvalue weighted by atomic mass is 9.59. The second-order valence-electron chi connectivity index (χ2n) is 16.7. The molecule has 0 aliphatic carbocycles. The number of hydrogen-bond donors (Lipinski definition) is 0. The van der Waals surface area contributed by atoms with E-state index in [-0.39, 0.29) is 17.8 Å². The predicted molar refractivity (Wildman–Crippen MR) is 227 cm³/mol. The summed E-state index contributed by atoms with van der Waals surface area (Å²) in [6.07, 6.45) is 5.62. The molecule has 3 aliphatic heterocycles. The third-order valence-electron chi connectivity index (χ3n) is 12.0. The molecule has 0 N–H and O–H groups in total. The number of para-hydroxylation sites is 3. The van der Waals surface area contributed by atoms with Crippen LogP contribution in [0.3, 0.4) is 0 Å². The van der Waals surface area contributed by atoms with Crippen LogP contribution in [0, 0.1) is 6.33 Å². The van der Waals surface area contributed by atoms with Gasteiger partial charge in [-0.3, -0.25) is 9.13 Å². The van der Waals surface area contributed by atoms with E-state index in [9.17, 15) is 0 Å². The van der Waals surface area contributed by atoms with Gasteiger partial charge in [-0.15, -0.1) is 0 Å². The van der Waals surface area contributed by atoms with Gasteiger partial charge in [0.2, 0.25) is 0 Å². The zero-order valence-electron chi connectivity index (χ0n) is 32.2. The molecule has 3 aliphatic rings. The standard InChI is InChI=1S/C49H40BN5O/c1-48(2,3)32-27-34(54-47-44(23-14-26-51-47)55-42-21-12-10-18-38(42)37-17-9-11-20-41(37)50(54)55)29-36(28-32)56-35-24-25-39-45(30-35)53-31-52(33-15-7-6-8-16-33)43-22-13-19-40(46(43)53)49(39,4)5/h6-30H,1-5H3. The summed E-state index contributed by atoms with van der Waals surface area (Å²) in [6.45, 7) is 11.3. The minimum Gasteiger partial charge on any atom is -0.458 e. The van der Waals surface area contributed by atoms with E-state index >= 15 is 0 Å². The van der Waals surface area contributed by atoms with Crippen molar-refractivity contribution in [2.75, 3.05) is 9.62 Å². The van der Waals surface area contributed by atoms with Gasteiger partial charge in [0.15, 0.2) is 0 Å². The Hall–Kier alpha value is -6.60. The summed E-state index contributed by atoms with van der Waals surface area (Å²) >= 11 is 0. The maximum absolute atomic E-state index is 6.98. The smallest absolute Gasteiger partial charge is 0.422 e. The minimum atomic E-state index is -0.222. The molecule has 2 aromatic heterocycles. The highest BCUT2D eigenvalue weighted by atomic mass is 16.5. The molecule has 11 rings (SSSR count). The molecule has 6 aromatic carbocycles. The molecule has 0 unspecified atom stereocenters. The van der Waals surface area contributed by atoms with E-state index < -0.39 is 0 Å². The highest BCUT2D eigenvalue weighted by molar-refractivity contribution is 6.86. The van der Waals surface area contributed by atoms with Gasteiger partial charge in [0.25, 0.3) is 6.33 Å². The van der Waals surface area contributed by atoms with Gasteiger partial charge >= 0.3 is 6.98 Å². The van der Waals surface area contributed by atoms with Crippen molar-refractivity contribution < 1.29 is 9.30 Å². The molecule has 0 spiro atoms. The zero-order valence-corrected chi connectivity index (χ0v) is 32.2. The van der Waals surface area contributed by atoms with Crippen LogP contribution in [-0.2, 0) is 10.8 Å². The normalized spacial score (nSPS) is 14.6. The summed E-state index contributed by atoms with van der Waals surface area (Å²) in [4.78, 5) is 9.89. The van der Waals surface area contributed by atoms with Crippen LogP contribution in [0.25, 0.3) is 33.5 Å². The molecule has 0 atom stereocenters. The number of ether oxygens (including phenoxy) is 1. The maximum atomic E-state index is 6.98. The molecule has 6 nitrogen and oxygen atoms in total. The van der Waals surface area contributed by atoms with Gasteiger partial charge in [-0.25, -0.2) is 4.98 Å². The predicted octanol–water partition coefficient (Wildman–Crippen LogP) is 10.5. The topological polar surface area (TPSA) is 37.4 Å². The Morgan fingerprint density at radius 1 is 0.661 bits per heavy atom. The van der Waals surface area contributed by atoms with Crippen LogP contribution in [0.5, 0.6) is 11.5 Å². The van der Waals surface area contributed by atoms with Gasteiger partial charge < -0.3 is 14.4 Å². The quantitative estimate of drug-likeness (QED) is 0.103. The van der Waals surface area contributed by atoms with E-state index in [4.69, 9.17) is 9.72 Å². The fourth-order valence-electron chi connectivity index (χ4n) is 9.19. The van der Waals surface area contributed by atoms with Crippen molar-refractivity contribution in [2.24, 2.45) is 0 Å². The molecule has 0 bridgehead atoms. The number of pyridine rings is 1. The molecule has 0 fully saturated rings. The van der Waals surface area contributed by atoms with Crippen molar-refractivity contribution in [3.05, 3.63) is 175 Å². The largest absolute Gasteiger partial charge is 0.458 e. The molecule has 0 saturated heterocycles. The Labute approximate surface area is 328 Å². The lowest BCUT2D eigenvalue weighted by Crippen LogP contribution is -2.55. The monoisotopic (exact) mass is 725 g/mol. The number of hydrogen-bond acceptors (Lipinski definition) is 4. The van der Waals surface area contributed by atoms with Crippen LogP contribution in [0.4, 0.5) is 22.9 Å². The molecule has 270 valence electrons. The molecule has 0 saturated carbocycles. The number of nitrogens with zero attached hydrogens (tertiary/aromatic N) is 5.